The highest BCUT2D eigenvalue weighted by molar-refractivity contribution is 5.79. The molecule has 0 atom stereocenters. The number of allylic oxidation sites excluding steroid dienone is 1. The van der Waals surface area contributed by atoms with Crippen molar-refractivity contribution in [3.8, 4) is 11.5 Å². The van der Waals surface area contributed by atoms with Crippen LogP contribution in [0.3, 0.4) is 0 Å². The summed E-state index contributed by atoms with van der Waals surface area (Å²) < 4.78 is 5.27. The summed E-state index contributed by atoms with van der Waals surface area (Å²) in [6.07, 6.45) is 5.75. The Bertz CT molecular complexity index is 705. The van der Waals surface area contributed by atoms with E-state index < -0.39 is 0 Å². The van der Waals surface area contributed by atoms with Crippen molar-refractivity contribution in [2.75, 3.05) is 27.2 Å². The van der Waals surface area contributed by atoms with Gasteiger partial charge >= 0.3 is 0 Å². The Balaban J connectivity index is 1.82. The summed E-state index contributed by atoms with van der Waals surface area (Å²) in [5.74, 6) is 2.23. The molecule has 0 saturated carbocycles. The fourth-order valence-corrected chi connectivity index (χ4v) is 2.61. The Morgan fingerprint density at radius 1 is 1.35 bits per heavy atom. The van der Waals surface area contributed by atoms with Crippen LogP contribution < -0.4 is 5.32 Å². The van der Waals surface area contributed by atoms with E-state index in [2.05, 4.69) is 51.1 Å². The predicted octanol–water partition coefficient (Wildman–Crippen LogP) is 3.31. The molecular weight excluding hydrogens is 326 g/mol. The van der Waals surface area contributed by atoms with Crippen molar-refractivity contribution in [2.45, 2.75) is 32.6 Å². The van der Waals surface area contributed by atoms with Crippen LogP contribution in [0.1, 0.15) is 31.2 Å². The second-order valence-corrected chi connectivity index (χ2v) is 6.14. The summed E-state index contributed by atoms with van der Waals surface area (Å²) in [5.41, 5.74) is 2.20. The molecule has 0 amide bonds. The lowest BCUT2D eigenvalue weighted by atomic mass is 10.1. The van der Waals surface area contributed by atoms with Crippen molar-refractivity contribution in [3.05, 3.63) is 48.3 Å². The zero-order valence-corrected chi connectivity index (χ0v) is 16.0. The molecular formula is C20H29N5O. The number of hydrogen-bond donors (Lipinski definition) is 1. The van der Waals surface area contributed by atoms with Crippen LogP contribution in [0, 0.1) is 0 Å². The maximum atomic E-state index is 5.27. The van der Waals surface area contributed by atoms with Gasteiger partial charge in [-0.05, 0) is 37.0 Å². The Hall–Kier alpha value is -2.63. The summed E-state index contributed by atoms with van der Waals surface area (Å²) in [6, 6.07) is 8.25. The average molecular weight is 355 g/mol. The Morgan fingerprint density at radius 2 is 2.12 bits per heavy atom. The summed E-state index contributed by atoms with van der Waals surface area (Å²) >= 11 is 0. The third-order valence-corrected chi connectivity index (χ3v) is 4.16. The normalized spacial score (nSPS) is 11.4. The lowest BCUT2D eigenvalue weighted by molar-refractivity contribution is 0.423. The number of aromatic nitrogens is 2. The predicted molar refractivity (Wildman–Crippen MR) is 106 cm³/mol. The monoisotopic (exact) mass is 355 g/mol. The van der Waals surface area contributed by atoms with Gasteiger partial charge in [0.2, 0.25) is 0 Å². The van der Waals surface area contributed by atoms with E-state index in [1.54, 1.807) is 0 Å². The SMILES string of the molecule is C=CCCCN(C)C(=NC)NCCc1ccc(-c2nc(CC)no2)cc1. The molecule has 26 heavy (non-hydrogen) atoms. The van der Waals surface area contributed by atoms with Gasteiger partial charge in [0.25, 0.3) is 5.89 Å². The van der Waals surface area contributed by atoms with Gasteiger partial charge in [0, 0.05) is 39.2 Å². The van der Waals surface area contributed by atoms with Gasteiger partial charge in [0.05, 0.1) is 0 Å². The fourth-order valence-electron chi connectivity index (χ4n) is 2.61. The summed E-state index contributed by atoms with van der Waals surface area (Å²) in [4.78, 5) is 10.8. The van der Waals surface area contributed by atoms with Crippen LogP contribution >= 0.6 is 0 Å². The zero-order valence-electron chi connectivity index (χ0n) is 16.0. The number of guanidine groups is 1. The van der Waals surface area contributed by atoms with E-state index in [-0.39, 0.29) is 0 Å². The summed E-state index contributed by atoms with van der Waals surface area (Å²) in [7, 11) is 3.87. The number of benzene rings is 1. The maximum absolute atomic E-state index is 5.27. The molecule has 0 unspecified atom stereocenters. The molecule has 6 heteroatoms. The number of aryl methyl sites for hydroxylation is 1. The van der Waals surface area contributed by atoms with E-state index in [1.807, 2.05) is 32.2 Å². The van der Waals surface area contributed by atoms with Crippen molar-refractivity contribution < 1.29 is 4.52 Å². The lowest BCUT2D eigenvalue weighted by Gasteiger charge is -2.21. The van der Waals surface area contributed by atoms with E-state index >= 15 is 0 Å². The van der Waals surface area contributed by atoms with Gasteiger partial charge in [-0.25, -0.2) is 0 Å². The van der Waals surface area contributed by atoms with Gasteiger partial charge < -0.3 is 14.7 Å². The molecule has 1 aromatic carbocycles. The van der Waals surface area contributed by atoms with Crippen LogP contribution in [0.5, 0.6) is 0 Å². The fraction of sp³-hybridized carbons (Fsp3) is 0.450. The number of unbranched alkanes of at least 4 members (excludes halogenated alkanes) is 1. The molecule has 0 bridgehead atoms. The molecule has 0 aliphatic heterocycles. The quantitative estimate of drug-likeness (QED) is 0.323. The van der Waals surface area contributed by atoms with Crippen molar-refractivity contribution in [3.63, 3.8) is 0 Å². The number of nitrogens with zero attached hydrogens (tertiary/aromatic N) is 4. The van der Waals surface area contributed by atoms with Crippen LogP contribution in [0.4, 0.5) is 0 Å². The summed E-state index contributed by atoms with van der Waals surface area (Å²) in [5, 5.41) is 7.35. The molecule has 1 heterocycles. The molecule has 0 aliphatic rings. The minimum Gasteiger partial charge on any atom is -0.356 e. The van der Waals surface area contributed by atoms with E-state index in [0.717, 1.165) is 56.1 Å². The van der Waals surface area contributed by atoms with Gasteiger partial charge in [-0.3, -0.25) is 4.99 Å². The van der Waals surface area contributed by atoms with Gasteiger partial charge in [0.1, 0.15) is 0 Å². The van der Waals surface area contributed by atoms with Crippen molar-refractivity contribution in [2.24, 2.45) is 4.99 Å². The number of nitrogens with one attached hydrogen (secondary N) is 1. The van der Waals surface area contributed by atoms with Crippen molar-refractivity contribution in [1.82, 2.24) is 20.4 Å². The molecule has 2 aromatic rings. The largest absolute Gasteiger partial charge is 0.356 e. The van der Waals surface area contributed by atoms with Crippen molar-refractivity contribution in [1.29, 1.82) is 0 Å². The average Bonchev–Trinajstić information content (AvgIpc) is 3.15. The van der Waals surface area contributed by atoms with Crippen LogP contribution in [0.25, 0.3) is 11.5 Å². The van der Waals surface area contributed by atoms with Crippen LogP contribution in [-0.2, 0) is 12.8 Å². The van der Waals surface area contributed by atoms with Crippen molar-refractivity contribution >= 4 is 5.96 Å². The number of hydrogen-bond acceptors (Lipinski definition) is 4. The molecule has 0 saturated heterocycles. The third-order valence-electron chi connectivity index (χ3n) is 4.16. The zero-order chi connectivity index (χ0) is 18.8. The smallest absolute Gasteiger partial charge is 0.257 e. The molecule has 140 valence electrons. The van der Waals surface area contributed by atoms with E-state index in [9.17, 15) is 0 Å². The third kappa shape index (κ3) is 5.72. The first-order valence-corrected chi connectivity index (χ1v) is 9.12. The Morgan fingerprint density at radius 3 is 2.73 bits per heavy atom. The first kappa shape index (κ1) is 19.7. The molecule has 0 aliphatic carbocycles. The van der Waals surface area contributed by atoms with Gasteiger partial charge in [-0.1, -0.05) is 30.3 Å². The second kappa shape index (κ2) is 10.4. The van der Waals surface area contributed by atoms with Gasteiger partial charge in [-0.2, -0.15) is 4.98 Å². The molecule has 6 nitrogen and oxygen atoms in total. The van der Waals surface area contributed by atoms with Crippen LogP contribution in [0.15, 0.2) is 46.4 Å². The minimum absolute atomic E-state index is 0.577. The van der Waals surface area contributed by atoms with Crippen LogP contribution in [-0.4, -0.2) is 48.2 Å². The molecule has 0 fully saturated rings. The topological polar surface area (TPSA) is 66.5 Å². The first-order chi connectivity index (χ1) is 12.7. The summed E-state index contributed by atoms with van der Waals surface area (Å²) in [6.45, 7) is 7.56. The Kier molecular flexibility index (Phi) is 7.86. The molecule has 0 spiro atoms. The highest BCUT2D eigenvalue weighted by atomic mass is 16.5. The standard InChI is InChI=1S/C20H29N5O/c1-5-7-8-15-25(4)20(21-3)22-14-13-16-9-11-17(12-10-16)19-23-18(6-2)24-26-19/h5,9-12H,1,6-8,13-15H2,2-4H3,(H,21,22). The lowest BCUT2D eigenvalue weighted by Crippen LogP contribution is -2.40. The molecule has 0 radical (unpaired) electrons. The molecule has 2 rings (SSSR count). The van der Waals surface area contributed by atoms with Gasteiger partial charge in [0.15, 0.2) is 11.8 Å². The highest BCUT2D eigenvalue weighted by Crippen LogP contribution is 2.18. The van der Waals surface area contributed by atoms with E-state index in [0.29, 0.717) is 5.89 Å². The second-order valence-electron chi connectivity index (χ2n) is 6.14. The first-order valence-electron chi connectivity index (χ1n) is 9.12. The molecule has 1 N–H and O–H groups in total. The minimum atomic E-state index is 0.577. The van der Waals surface area contributed by atoms with Crippen LogP contribution in [0.2, 0.25) is 0 Å². The maximum Gasteiger partial charge on any atom is 0.257 e. The van der Waals surface area contributed by atoms with Gasteiger partial charge in [-0.15, -0.1) is 6.58 Å². The number of rotatable bonds is 9. The Labute approximate surface area is 156 Å². The van der Waals surface area contributed by atoms with E-state index in [4.69, 9.17) is 4.52 Å². The molecule has 1 aromatic heterocycles. The highest BCUT2D eigenvalue weighted by Gasteiger charge is 2.08. The number of aliphatic imine (C=N–C) groups is 1. The van der Waals surface area contributed by atoms with E-state index in [1.165, 1.54) is 5.56 Å².